The minimum absolute atomic E-state index is 0.376. The van der Waals surface area contributed by atoms with Gasteiger partial charge in [0, 0.05) is 11.6 Å². The zero-order valence-corrected chi connectivity index (χ0v) is 16.3. The predicted molar refractivity (Wildman–Crippen MR) is 105 cm³/mol. The number of hydrogen-bond acceptors (Lipinski definition) is 5. The number of nitrogens with zero attached hydrogens (tertiary/aromatic N) is 4. The minimum atomic E-state index is 0.376. The molecule has 0 N–H and O–H groups in total. The molecule has 3 rings (SSSR count). The van der Waals surface area contributed by atoms with Crippen molar-refractivity contribution in [1.29, 1.82) is 5.26 Å². The maximum absolute atomic E-state index is 8.92. The Bertz CT molecular complexity index is 947. The Morgan fingerprint density at radius 2 is 1.85 bits per heavy atom. The third kappa shape index (κ3) is 5.08. The Morgan fingerprint density at radius 3 is 2.52 bits per heavy atom. The van der Waals surface area contributed by atoms with Gasteiger partial charge in [0.2, 0.25) is 11.8 Å². The van der Waals surface area contributed by atoms with Gasteiger partial charge in [-0.3, -0.25) is 4.90 Å². The average molecular weight is 401 g/mol. The van der Waals surface area contributed by atoms with Gasteiger partial charge in [0.15, 0.2) is 0 Å². The van der Waals surface area contributed by atoms with E-state index in [1.807, 2.05) is 24.3 Å². The summed E-state index contributed by atoms with van der Waals surface area (Å²) in [5.41, 5.74) is 2.44. The number of nitriles is 1. The minimum Gasteiger partial charge on any atom is -0.419 e. The molecule has 0 amide bonds. The first kappa shape index (κ1) is 19.4. The highest BCUT2D eigenvalue weighted by Gasteiger charge is 2.15. The predicted octanol–water partition coefficient (Wildman–Crippen LogP) is 5.33. The summed E-state index contributed by atoms with van der Waals surface area (Å²) in [4.78, 5) is 2.22. The van der Waals surface area contributed by atoms with E-state index in [0.717, 1.165) is 25.1 Å². The van der Waals surface area contributed by atoms with Crippen LogP contribution < -0.4 is 0 Å². The van der Waals surface area contributed by atoms with Crippen molar-refractivity contribution in [2.75, 3.05) is 6.54 Å². The van der Waals surface area contributed by atoms with Gasteiger partial charge in [-0.15, -0.1) is 10.2 Å². The van der Waals surface area contributed by atoms with E-state index in [1.165, 1.54) is 0 Å². The van der Waals surface area contributed by atoms with E-state index < -0.39 is 0 Å². The van der Waals surface area contributed by atoms with E-state index >= 15 is 0 Å². The van der Waals surface area contributed by atoms with Crippen molar-refractivity contribution in [3.63, 3.8) is 0 Å². The summed E-state index contributed by atoms with van der Waals surface area (Å²) in [5, 5.41) is 18.2. The Morgan fingerprint density at radius 1 is 1.07 bits per heavy atom. The molecule has 1 heterocycles. The summed E-state index contributed by atoms with van der Waals surface area (Å²) in [6, 6.07) is 14.9. The van der Waals surface area contributed by atoms with E-state index in [4.69, 9.17) is 32.9 Å². The van der Waals surface area contributed by atoms with Gasteiger partial charge >= 0.3 is 0 Å². The lowest BCUT2D eigenvalue weighted by molar-refractivity contribution is 0.232. The van der Waals surface area contributed by atoms with Crippen LogP contribution in [0.4, 0.5) is 0 Å². The van der Waals surface area contributed by atoms with Gasteiger partial charge in [0.25, 0.3) is 0 Å². The van der Waals surface area contributed by atoms with Crippen molar-refractivity contribution < 1.29 is 4.42 Å². The largest absolute Gasteiger partial charge is 0.419 e. The molecular weight excluding hydrogens is 383 g/mol. The summed E-state index contributed by atoms with van der Waals surface area (Å²) in [5.74, 6) is 0.902. The maximum Gasteiger partial charge on any atom is 0.249 e. The molecule has 7 heteroatoms. The molecule has 0 aliphatic rings. The summed E-state index contributed by atoms with van der Waals surface area (Å²) in [6.45, 7) is 4.28. The van der Waals surface area contributed by atoms with E-state index in [-0.39, 0.29) is 0 Å². The SMILES string of the molecule is CCCN(Cc1ccc(C#N)cc1)Cc1nnc(-c2ccc(Cl)cc2Cl)o1. The first-order valence-electron chi connectivity index (χ1n) is 8.58. The molecule has 1 aromatic heterocycles. The highest BCUT2D eigenvalue weighted by atomic mass is 35.5. The number of halogens is 2. The molecule has 0 radical (unpaired) electrons. The van der Waals surface area contributed by atoms with Crippen molar-refractivity contribution in [3.8, 4) is 17.5 Å². The summed E-state index contributed by atoms with van der Waals surface area (Å²) in [6.07, 6.45) is 1.00. The van der Waals surface area contributed by atoms with Crippen LogP contribution in [0.1, 0.15) is 30.4 Å². The van der Waals surface area contributed by atoms with Crippen LogP contribution >= 0.6 is 23.2 Å². The van der Waals surface area contributed by atoms with E-state index in [2.05, 4.69) is 28.1 Å². The molecule has 0 atom stereocenters. The van der Waals surface area contributed by atoms with Crippen LogP contribution in [0.15, 0.2) is 46.9 Å². The molecule has 0 fully saturated rings. The van der Waals surface area contributed by atoms with E-state index in [9.17, 15) is 0 Å². The lowest BCUT2D eigenvalue weighted by atomic mass is 10.1. The quantitative estimate of drug-likeness (QED) is 0.536. The van der Waals surface area contributed by atoms with Gasteiger partial charge in [-0.05, 0) is 48.9 Å². The zero-order valence-electron chi connectivity index (χ0n) is 14.8. The van der Waals surface area contributed by atoms with Crippen molar-refractivity contribution in [2.45, 2.75) is 26.4 Å². The van der Waals surface area contributed by atoms with E-state index in [1.54, 1.807) is 18.2 Å². The van der Waals surface area contributed by atoms with Crippen molar-refractivity contribution in [3.05, 3.63) is 69.5 Å². The van der Waals surface area contributed by atoms with Crippen LogP contribution in [0.3, 0.4) is 0 Å². The van der Waals surface area contributed by atoms with Crippen LogP contribution in [-0.2, 0) is 13.1 Å². The molecule has 27 heavy (non-hydrogen) atoms. The van der Waals surface area contributed by atoms with Crippen LogP contribution in [-0.4, -0.2) is 21.6 Å². The Kier molecular flexibility index (Phi) is 6.46. The van der Waals surface area contributed by atoms with Crippen LogP contribution in [0.2, 0.25) is 10.0 Å². The number of rotatable bonds is 7. The maximum atomic E-state index is 8.92. The molecule has 2 aromatic carbocycles. The molecule has 0 aliphatic carbocycles. The molecule has 0 saturated carbocycles. The van der Waals surface area contributed by atoms with Gasteiger partial charge in [-0.25, -0.2) is 0 Å². The number of benzene rings is 2. The van der Waals surface area contributed by atoms with E-state index in [0.29, 0.717) is 39.5 Å². The zero-order chi connectivity index (χ0) is 19.2. The first-order valence-corrected chi connectivity index (χ1v) is 9.34. The first-order chi connectivity index (χ1) is 13.1. The van der Waals surface area contributed by atoms with Crippen molar-refractivity contribution in [1.82, 2.24) is 15.1 Å². The fourth-order valence-corrected chi connectivity index (χ4v) is 3.24. The number of aromatic nitrogens is 2. The molecule has 0 saturated heterocycles. The van der Waals surface area contributed by atoms with Gasteiger partial charge in [-0.2, -0.15) is 5.26 Å². The highest BCUT2D eigenvalue weighted by molar-refractivity contribution is 6.36. The molecule has 138 valence electrons. The normalized spacial score (nSPS) is 10.9. The lowest BCUT2D eigenvalue weighted by Gasteiger charge is -2.19. The topological polar surface area (TPSA) is 66.0 Å². The van der Waals surface area contributed by atoms with Crippen LogP contribution in [0.5, 0.6) is 0 Å². The number of hydrogen-bond donors (Lipinski definition) is 0. The third-order valence-electron chi connectivity index (χ3n) is 4.02. The molecule has 0 aliphatic heterocycles. The van der Waals surface area contributed by atoms with Gasteiger partial charge in [0.1, 0.15) is 0 Å². The fourth-order valence-electron chi connectivity index (χ4n) is 2.75. The van der Waals surface area contributed by atoms with Crippen LogP contribution in [0.25, 0.3) is 11.5 Å². The fraction of sp³-hybridized carbons (Fsp3) is 0.250. The Balaban J connectivity index is 1.73. The van der Waals surface area contributed by atoms with Crippen molar-refractivity contribution in [2.24, 2.45) is 0 Å². The van der Waals surface area contributed by atoms with Crippen molar-refractivity contribution >= 4 is 23.2 Å². The second-order valence-corrected chi connectivity index (χ2v) is 6.99. The molecule has 5 nitrogen and oxygen atoms in total. The van der Waals surface area contributed by atoms with Gasteiger partial charge in [0.05, 0.1) is 28.8 Å². The second kappa shape index (κ2) is 9.01. The third-order valence-corrected chi connectivity index (χ3v) is 4.56. The highest BCUT2D eigenvalue weighted by Crippen LogP contribution is 2.29. The van der Waals surface area contributed by atoms with Gasteiger partial charge in [-0.1, -0.05) is 42.3 Å². The van der Waals surface area contributed by atoms with Gasteiger partial charge < -0.3 is 4.42 Å². The van der Waals surface area contributed by atoms with Crippen LogP contribution in [0, 0.1) is 11.3 Å². The smallest absolute Gasteiger partial charge is 0.249 e. The molecule has 0 bridgehead atoms. The average Bonchev–Trinajstić information content (AvgIpc) is 3.10. The Hall–Kier alpha value is -2.39. The summed E-state index contributed by atoms with van der Waals surface area (Å²) >= 11 is 12.1. The monoisotopic (exact) mass is 400 g/mol. The molecular formula is C20H18Cl2N4O. The summed E-state index contributed by atoms with van der Waals surface area (Å²) in [7, 11) is 0. The summed E-state index contributed by atoms with van der Waals surface area (Å²) < 4.78 is 5.81. The molecule has 0 unspecified atom stereocenters. The second-order valence-electron chi connectivity index (χ2n) is 6.14. The lowest BCUT2D eigenvalue weighted by Crippen LogP contribution is -2.23. The standard InChI is InChI=1S/C20H18Cl2N4O/c1-2-9-26(12-15-5-3-14(11-23)4-6-15)13-19-24-25-20(27-19)17-8-7-16(21)10-18(17)22/h3-8,10H,2,9,12-13H2,1H3. The Labute approximate surface area is 168 Å². The molecule has 3 aromatic rings. The molecule has 0 spiro atoms.